The van der Waals surface area contributed by atoms with Crippen LogP contribution in [0.1, 0.15) is 18.1 Å². The standard InChI is InChI=1S/C11H11BrF3IO/c12-9-3-1-8(2-4-9)10(7-16)17-6-5-11(13,14)15/h1-4,10H,5-7H2. The quantitative estimate of drug-likeness (QED) is 0.484. The zero-order valence-corrected chi connectivity index (χ0v) is 12.5. The molecule has 0 heterocycles. The fraction of sp³-hybridized carbons (Fsp3) is 0.455. The summed E-state index contributed by atoms with van der Waals surface area (Å²) in [6.45, 7) is -0.298. The molecular formula is C11H11BrF3IO. The van der Waals surface area contributed by atoms with Crippen LogP contribution in [-0.4, -0.2) is 17.2 Å². The molecule has 1 aromatic carbocycles. The van der Waals surface area contributed by atoms with E-state index in [2.05, 4.69) is 38.5 Å². The topological polar surface area (TPSA) is 9.23 Å². The van der Waals surface area contributed by atoms with Crippen LogP contribution in [-0.2, 0) is 4.74 Å². The highest BCUT2D eigenvalue weighted by atomic mass is 127. The summed E-state index contributed by atoms with van der Waals surface area (Å²) >= 11 is 5.41. The van der Waals surface area contributed by atoms with Gasteiger partial charge in [-0.15, -0.1) is 0 Å². The zero-order valence-electron chi connectivity index (χ0n) is 8.81. The van der Waals surface area contributed by atoms with Gasteiger partial charge in [-0.05, 0) is 17.7 Å². The highest BCUT2D eigenvalue weighted by molar-refractivity contribution is 14.1. The molecule has 0 fully saturated rings. The first-order chi connectivity index (χ1) is 7.92. The maximum Gasteiger partial charge on any atom is 0.391 e. The first-order valence-electron chi connectivity index (χ1n) is 4.92. The number of halogens is 5. The largest absolute Gasteiger partial charge is 0.391 e. The van der Waals surface area contributed by atoms with Crippen molar-refractivity contribution in [2.24, 2.45) is 0 Å². The molecule has 0 aliphatic rings. The average molecular weight is 423 g/mol. The minimum atomic E-state index is -4.16. The van der Waals surface area contributed by atoms with Crippen molar-refractivity contribution in [3.05, 3.63) is 34.3 Å². The molecule has 0 radical (unpaired) electrons. The van der Waals surface area contributed by atoms with Gasteiger partial charge in [-0.3, -0.25) is 0 Å². The third kappa shape index (κ3) is 6.05. The molecule has 0 aromatic heterocycles. The molecule has 6 heteroatoms. The molecule has 1 atom stereocenters. The van der Waals surface area contributed by atoms with Gasteiger partial charge in [0.1, 0.15) is 0 Å². The van der Waals surface area contributed by atoms with Crippen LogP contribution in [0.3, 0.4) is 0 Å². The van der Waals surface area contributed by atoms with Gasteiger partial charge in [0.05, 0.1) is 19.1 Å². The van der Waals surface area contributed by atoms with Crippen molar-refractivity contribution in [1.29, 1.82) is 0 Å². The minimum Gasteiger partial charge on any atom is -0.372 e. The van der Waals surface area contributed by atoms with Crippen LogP contribution in [0, 0.1) is 0 Å². The van der Waals surface area contributed by atoms with E-state index in [1.165, 1.54) is 0 Å². The number of alkyl halides is 4. The SMILES string of the molecule is FC(F)(F)CCOC(CI)c1ccc(Br)cc1. The Morgan fingerprint density at radius 2 is 1.82 bits per heavy atom. The number of benzene rings is 1. The third-order valence-electron chi connectivity index (χ3n) is 2.09. The second-order valence-electron chi connectivity index (χ2n) is 3.43. The monoisotopic (exact) mass is 422 g/mol. The molecule has 0 saturated carbocycles. The fourth-order valence-corrected chi connectivity index (χ4v) is 2.25. The molecule has 0 bridgehead atoms. The van der Waals surface area contributed by atoms with Gasteiger partial charge in [-0.25, -0.2) is 0 Å². The van der Waals surface area contributed by atoms with Crippen LogP contribution in [0.25, 0.3) is 0 Å². The second kappa shape index (κ2) is 6.94. The molecule has 1 rings (SSSR count). The van der Waals surface area contributed by atoms with E-state index in [1.54, 1.807) is 0 Å². The number of hydrogen-bond donors (Lipinski definition) is 0. The summed E-state index contributed by atoms with van der Waals surface area (Å²) in [7, 11) is 0. The second-order valence-corrected chi connectivity index (χ2v) is 5.23. The summed E-state index contributed by atoms with van der Waals surface area (Å²) in [6, 6.07) is 7.39. The number of ether oxygens (including phenoxy) is 1. The lowest BCUT2D eigenvalue weighted by Crippen LogP contribution is -2.14. The van der Waals surface area contributed by atoms with Crippen LogP contribution in [0.15, 0.2) is 28.7 Å². The van der Waals surface area contributed by atoms with E-state index in [4.69, 9.17) is 4.74 Å². The summed E-state index contributed by atoms with van der Waals surface area (Å²) in [5.41, 5.74) is 0.893. The molecule has 0 amide bonds. The number of rotatable bonds is 5. The summed E-state index contributed by atoms with van der Waals surface area (Å²) < 4.78 is 42.7. The first kappa shape index (κ1) is 15.2. The van der Waals surface area contributed by atoms with Gasteiger partial charge in [0.25, 0.3) is 0 Å². The van der Waals surface area contributed by atoms with Crippen molar-refractivity contribution in [3.8, 4) is 0 Å². The van der Waals surface area contributed by atoms with E-state index in [-0.39, 0.29) is 12.7 Å². The van der Waals surface area contributed by atoms with Crippen LogP contribution in [0.4, 0.5) is 13.2 Å². The minimum absolute atomic E-state index is 0.286. The van der Waals surface area contributed by atoms with Gasteiger partial charge in [-0.1, -0.05) is 50.7 Å². The fourth-order valence-electron chi connectivity index (χ4n) is 1.22. The van der Waals surface area contributed by atoms with Gasteiger partial charge in [0.2, 0.25) is 0 Å². The highest BCUT2D eigenvalue weighted by Crippen LogP contribution is 2.25. The molecule has 0 N–H and O–H groups in total. The highest BCUT2D eigenvalue weighted by Gasteiger charge is 2.27. The van der Waals surface area contributed by atoms with Gasteiger partial charge in [-0.2, -0.15) is 13.2 Å². The lowest BCUT2D eigenvalue weighted by molar-refractivity contribution is -0.148. The van der Waals surface area contributed by atoms with E-state index < -0.39 is 12.6 Å². The van der Waals surface area contributed by atoms with Crippen molar-refractivity contribution >= 4 is 38.5 Å². The van der Waals surface area contributed by atoms with E-state index in [9.17, 15) is 13.2 Å². The van der Waals surface area contributed by atoms with Gasteiger partial charge < -0.3 is 4.74 Å². The van der Waals surface area contributed by atoms with E-state index >= 15 is 0 Å². The summed E-state index contributed by atoms with van der Waals surface area (Å²) in [5, 5.41) is 0. The molecule has 0 aliphatic heterocycles. The molecule has 1 unspecified atom stereocenters. The average Bonchev–Trinajstić information content (AvgIpc) is 2.24. The van der Waals surface area contributed by atoms with Gasteiger partial charge in [0, 0.05) is 8.90 Å². The Labute approximate surface area is 120 Å². The number of hydrogen-bond acceptors (Lipinski definition) is 1. The smallest absolute Gasteiger partial charge is 0.372 e. The predicted molar refractivity (Wildman–Crippen MR) is 72.4 cm³/mol. The Morgan fingerprint density at radius 3 is 2.29 bits per heavy atom. The molecule has 1 aromatic rings. The maximum absolute atomic E-state index is 12.0. The molecular weight excluding hydrogens is 412 g/mol. The Kier molecular flexibility index (Phi) is 6.22. The Hall–Kier alpha value is 0.180. The van der Waals surface area contributed by atoms with Crippen LogP contribution in [0.2, 0.25) is 0 Å². The maximum atomic E-state index is 12.0. The van der Waals surface area contributed by atoms with Crippen LogP contribution in [0.5, 0.6) is 0 Å². The van der Waals surface area contributed by atoms with E-state index in [0.29, 0.717) is 4.43 Å². The Balaban J connectivity index is 2.51. The summed E-state index contributed by atoms with van der Waals surface area (Å²) in [5.74, 6) is 0. The van der Waals surface area contributed by atoms with Crippen molar-refractivity contribution in [2.75, 3.05) is 11.0 Å². The van der Waals surface area contributed by atoms with Crippen molar-refractivity contribution < 1.29 is 17.9 Å². The predicted octanol–water partition coefficient (Wildman–Crippen LogP) is 4.89. The lowest BCUT2D eigenvalue weighted by atomic mass is 10.1. The Morgan fingerprint density at radius 1 is 1.24 bits per heavy atom. The van der Waals surface area contributed by atoms with Crippen molar-refractivity contribution in [2.45, 2.75) is 18.7 Å². The van der Waals surface area contributed by atoms with Crippen molar-refractivity contribution in [1.82, 2.24) is 0 Å². The lowest BCUT2D eigenvalue weighted by Gasteiger charge is -2.16. The third-order valence-corrected chi connectivity index (χ3v) is 3.42. The first-order valence-corrected chi connectivity index (χ1v) is 7.24. The van der Waals surface area contributed by atoms with Crippen LogP contribution < -0.4 is 0 Å². The molecule has 17 heavy (non-hydrogen) atoms. The Bertz CT molecular complexity index is 340. The zero-order chi connectivity index (χ0) is 12.9. The summed E-state index contributed by atoms with van der Waals surface area (Å²) in [4.78, 5) is 0. The summed E-state index contributed by atoms with van der Waals surface area (Å²) in [6.07, 6.45) is -5.35. The molecule has 0 saturated heterocycles. The van der Waals surface area contributed by atoms with Crippen molar-refractivity contribution in [3.63, 3.8) is 0 Å². The van der Waals surface area contributed by atoms with Crippen LogP contribution >= 0.6 is 38.5 Å². The molecule has 96 valence electrons. The normalized spacial score (nSPS) is 13.7. The van der Waals surface area contributed by atoms with Gasteiger partial charge in [0.15, 0.2) is 0 Å². The molecule has 0 spiro atoms. The van der Waals surface area contributed by atoms with Gasteiger partial charge >= 0.3 is 6.18 Å². The van der Waals surface area contributed by atoms with E-state index in [1.807, 2.05) is 24.3 Å². The van der Waals surface area contributed by atoms with E-state index in [0.717, 1.165) is 10.0 Å². The molecule has 1 nitrogen and oxygen atoms in total. The molecule has 0 aliphatic carbocycles.